The molecule has 140 valence electrons. The second kappa shape index (κ2) is 8.13. The Balaban J connectivity index is 1.58. The number of carbonyl (C=O) groups excluding carboxylic acids is 1. The van der Waals surface area contributed by atoms with Gasteiger partial charge in [-0.15, -0.1) is 0 Å². The number of benzene rings is 2. The first-order chi connectivity index (χ1) is 13.5. The molecule has 0 bridgehead atoms. The van der Waals surface area contributed by atoms with Crippen molar-refractivity contribution in [2.45, 2.75) is 6.54 Å². The lowest BCUT2D eigenvalue weighted by molar-refractivity contribution is 0.244. The lowest BCUT2D eigenvalue weighted by Crippen LogP contribution is -2.26. The van der Waals surface area contributed by atoms with Gasteiger partial charge in [-0.1, -0.05) is 71.8 Å². The van der Waals surface area contributed by atoms with Crippen LogP contribution in [0.5, 0.6) is 0 Å². The molecule has 28 heavy (non-hydrogen) atoms. The third kappa shape index (κ3) is 3.89. The summed E-state index contributed by atoms with van der Waals surface area (Å²) >= 11 is 19.1. The Kier molecular flexibility index (Phi) is 5.60. The molecule has 1 aliphatic rings. The Hall–Kier alpha value is -2.05. The normalized spacial score (nSPS) is 15.6. The first-order valence-corrected chi connectivity index (χ1v) is 10.3. The Morgan fingerprint density at radius 1 is 1.00 bits per heavy atom. The lowest BCUT2D eigenvalue weighted by Gasteiger charge is -2.14. The molecule has 0 atom stereocenters. The van der Waals surface area contributed by atoms with Crippen LogP contribution in [-0.4, -0.2) is 15.1 Å². The largest absolute Gasteiger partial charge is 0.457 e. The van der Waals surface area contributed by atoms with E-state index in [0.717, 1.165) is 17.3 Å². The van der Waals surface area contributed by atoms with E-state index >= 15 is 0 Å². The molecule has 0 saturated carbocycles. The summed E-state index contributed by atoms with van der Waals surface area (Å²) in [6, 6.07) is 18.6. The number of hydrogen-bond acceptors (Lipinski definition) is 4. The Morgan fingerprint density at radius 2 is 1.71 bits per heavy atom. The molecule has 1 aliphatic heterocycles. The van der Waals surface area contributed by atoms with Crippen molar-refractivity contribution in [3.8, 4) is 11.3 Å². The summed E-state index contributed by atoms with van der Waals surface area (Å²) in [5, 5.41) is 0.924. The zero-order valence-electron chi connectivity index (χ0n) is 14.4. The van der Waals surface area contributed by atoms with Gasteiger partial charge in [0.2, 0.25) is 0 Å². The summed E-state index contributed by atoms with van der Waals surface area (Å²) < 4.78 is 5.88. The maximum Gasteiger partial charge on any atom is 0.291 e. The van der Waals surface area contributed by atoms with Gasteiger partial charge in [-0.05, 0) is 47.7 Å². The predicted octanol–water partition coefficient (Wildman–Crippen LogP) is 7.29. The van der Waals surface area contributed by atoms with Gasteiger partial charge in [0, 0.05) is 0 Å². The van der Waals surface area contributed by atoms with Gasteiger partial charge in [-0.25, -0.2) is 0 Å². The number of rotatable bonds is 4. The molecule has 0 spiro atoms. The molecule has 0 N–H and O–H groups in total. The Morgan fingerprint density at radius 3 is 2.43 bits per heavy atom. The highest BCUT2D eigenvalue weighted by molar-refractivity contribution is 8.19. The van der Waals surface area contributed by atoms with Crippen molar-refractivity contribution in [2.75, 3.05) is 0 Å². The van der Waals surface area contributed by atoms with Crippen molar-refractivity contribution < 1.29 is 9.21 Å². The van der Waals surface area contributed by atoms with Crippen LogP contribution in [-0.2, 0) is 6.54 Å². The first-order valence-electron chi connectivity index (χ1n) is 8.36. The number of carbonyl (C=O) groups is 1. The highest BCUT2D eigenvalue weighted by Crippen LogP contribution is 2.38. The maximum atomic E-state index is 12.4. The molecule has 2 heterocycles. The summed E-state index contributed by atoms with van der Waals surface area (Å²) in [6.45, 7) is 0.446. The van der Waals surface area contributed by atoms with Crippen LogP contribution in [0.25, 0.3) is 17.4 Å². The molecule has 3 aromatic rings. The summed E-state index contributed by atoms with van der Waals surface area (Å²) in [7, 11) is 0. The van der Waals surface area contributed by atoms with Crippen LogP contribution in [0.2, 0.25) is 10.0 Å². The quantitative estimate of drug-likeness (QED) is 0.311. The molecule has 1 saturated heterocycles. The van der Waals surface area contributed by atoms with E-state index in [1.807, 2.05) is 30.3 Å². The van der Waals surface area contributed by atoms with Gasteiger partial charge < -0.3 is 4.42 Å². The van der Waals surface area contributed by atoms with Crippen molar-refractivity contribution in [2.24, 2.45) is 0 Å². The molecule has 7 heteroatoms. The van der Waals surface area contributed by atoms with Crippen molar-refractivity contribution in [3.05, 3.63) is 86.9 Å². The van der Waals surface area contributed by atoms with Gasteiger partial charge in [-0.3, -0.25) is 9.69 Å². The minimum Gasteiger partial charge on any atom is -0.457 e. The van der Waals surface area contributed by atoms with Crippen molar-refractivity contribution >= 4 is 63.5 Å². The van der Waals surface area contributed by atoms with Crippen LogP contribution in [0.4, 0.5) is 4.79 Å². The van der Waals surface area contributed by atoms with Gasteiger partial charge in [-0.2, -0.15) is 0 Å². The molecule has 1 fully saturated rings. The van der Waals surface area contributed by atoms with E-state index in [0.29, 0.717) is 43.6 Å². The average molecular weight is 446 g/mol. The summed E-state index contributed by atoms with van der Waals surface area (Å²) in [6.07, 6.45) is 1.77. The number of halogens is 2. The number of nitrogens with zero attached hydrogens (tertiary/aromatic N) is 1. The minimum absolute atomic E-state index is 0.0963. The monoisotopic (exact) mass is 445 g/mol. The van der Waals surface area contributed by atoms with E-state index in [2.05, 4.69) is 0 Å². The van der Waals surface area contributed by atoms with E-state index in [9.17, 15) is 4.79 Å². The number of amides is 1. The van der Waals surface area contributed by atoms with Gasteiger partial charge in [0.15, 0.2) is 0 Å². The van der Waals surface area contributed by atoms with E-state index in [1.165, 1.54) is 0 Å². The van der Waals surface area contributed by atoms with Crippen LogP contribution in [0.15, 0.2) is 70.0 Å². The van der Waals surface area contributed by atoms with Crippen molar-refractivity contribution in [3.63, 3.8) is 0 Å². The minimum atomic E-state index is -0.0963. The third-order valence-corrected chi connectivity index (χ3v) is 6.29. The van der Waals surface area contributed by atoms with Crippen LogP contribution < -0.4 is 0 Å². The fourth-order valence-corrected chi connectivity index (χ4v) is 4.63. The van der Waals surface area contributed by atoms with Crippen molar-refractivity contribution in [1.82, 2.24) is 4.90 Å². The summed E-state index contributed by atoms with van der Waals surface area (Å²) in [5.74, 6) is 1.13. The van der Waals surface area contributed by atoms with Crippen LogP contribution >= 0.6 is 47.2 Å². The van der Waals surface area contributed by atoms with Crippen LogP contribution in [0, 0.1) is 0 Å². The van der Waals surface area contributed by atoms with Gasteiger partial charge in [0.05, 0.1) is 27.1 Å². The van der Waals surface area contributed by atoms with Crippen LogP contribution in [0.3, 0.4) is 0 Å². The molecular weight excluding hydrogens is 433 g/mol. The lowest BCUT2D eigenvalue weighted by atomic mass is 10.2. The smallest absolute Gasteiger partial charge is 0.291 e. The average Bonchev–Trinajstić information content (AvgIpc) is 3.23. The summed E-state index contributed by atoms with van der Waals surface area (Å²) in [5.41, 5.74) is 1.66. The predicted molar refractivity (Wildman–Crippen MR) is 120 cm³/mol. The Bertz CT molecular complexity index is 1070. The van der Waals surface area contributed by atoms with Gasteiger partial charge in [0.1, 0.15) is 16.5 Å². The number of furan rings is 1. The zero-order valence-corrected chi connectivity index (χ0v) is 17.5. The molecule has 1 amide bonds. The second-order valence-corrected chi connectivity index (χ2v) is 8.25. The van der Waals surface area contributed by atoms with Crippen LogP contribution in [0.1, 0.15) is 11.3 Å². The summed E-state index contributed by atoms with van der Waals surface area (Å²) in [4.78, 5) is 15.2. The van der Waals surface area contributed by atoms with Gasteiger partial charge >= 0.3 is 0 Å². The molecule has 4 rings (SSSR count). The molecule has 0 radical (unpaired) electrons. The Labute approximate surface area is 181 Å². The zero-order chi connectivity index (χ0) is 19.7. The molecule has 1 aromatic heterocycles. The number of thioether (sulfide) groups is 1. The van der Waals surface area contributed by atoms with Crippen molar-refractivity contribution in [1.29, 1.82) is 0 Å². The molecule has 0 unspecified atom stereocenters. The third-order valence-electron chi connectivity index (χ3n) is 4.17. The highest BCUT2D eigenvalue weighted by atomic mass is 35.5. The topological polar surface area (TPSA) is 33.5 Å². The molecule has 3 nitrogen and oxygen atoms in total. The number of hydrogen-bond donors (Lipinski definition) is 0. The van der Waals surface area contributed by atoms with E-state index in [1.54, 1.807) is 41.3 Å². The standard InChI is InChI=1S/C21H13Cl2NO2S2/c22-15-7-4-8-16(23)19(15)17-10-9-14(26-17)11-18-20(27)24(21(25)28-18)12-13-5-2-1-3-6-13/h1-11H,12H2/b18-11-. The first kappa shape index (κ1) is 19.3. The van der Waals surface area contributed by atoms with E-state index in [4.69, 9.17) is 39.8 Å². The number of thiocarbonyl (C=S) groups is 1. The molecule has 2 aromatic carbocycles. The second-order valence-electron chi connectivity index (χ2n) is 6.05. The van der Waals surface area contributed by atoms with E-state index in [-0.39, 0.29) is 5.24 Å². The SMILES string of the molecule is O=C1S/C(=C\c2ccc(-c3c(Cl)cccc3Cl)o2)C(=S)N1Cc1ccccc1. The van der Waals surface area contributed by atoms with E-state index < -0.39 is 0 Å². The molecule has 0 aliphatic carbocycles. The van der Waals surface area contributed by atoms with Gasteiger partial charge in [0.25, 0.3) is 5.24 Å². The maximum absolute atomic E-state index is 12.4. The fraction of sp³-hybridized carbons (Fsp3) is 0.0476. The fourth-order valence-electron chi connectivity index (χ4n) is 2.83. The molecular formula is C21H13Cl2NO2S2. The highest BCUT2D eigenvalue weighted by Gasteiger charge is 2.32.